The number of amides is 1. The standard InChI is InChI=1S/C20H24Cl2N2O4S/c1-3-4-11-23-29(26,27)17-9-10-19(18(22)12-17)28-13-20(25)24-14(2)15-5-7-16(21)8-6-15/h5-10,12,14,23H,3-4,11,13H2,1-2H3,(H,24,25)/t14-/m0/s1. The van der Waals surface area contributed by atoms with Crippen molar-refractivity contribution in [1.29, 1.82) is 0 Å². The maximum absolute atomic E-state index is 12.2. The highest BCUT2D eigenvalue weighted by atomic mass is 35.5. The zero-order valence-corrected chi connectivity index (χ0v) is 18.6. The molecule has 6 nitrogen and oxygen atoms in total. The molecular weight excluding hydrogens is 435 g/mol. The van der Waals surface area contributed by atoms with E-state index in [1.165, 1.54) is 18.2 Å². The number of rotatable bonds is 10. The minimum atomic E-state index is -3.63. The van der Waals surface area contributed by atoms with Gasteiger partial charge in [-0.1, -0.05) is 48.7 Å². The molecular formula is C20H24Cl2N2O4S. The minimum absolute atomic E-state index is 0.0479. The average molecular weight is 459 g/mol. The van der Waals surface area contributed by atoms with Crippen molar-refractivity contribution < 1.29 is 17.9 Å². The van der Waals surface area contributed by atoms with Crippen molar-refractivity contribution in [3.05, 3.63) is 58.1 Å². The number of hydrogen-bond acceptors (Lipinski definition) is 4. The minimum Gasteiger partial charge on any atom is -0.482 e. The van der Waals surface area contributed by atoms with Crippen molar-refractivity contribution in [2.24, 2.45) is 0 Å². The molecule has 2 aromatic rings. The molecule has 2 N–H and O–H groups in total. The first-order valence-electron chi connectivity index (χ1n) is 9.19. The van der Waals surface area contributed by atoms with E-state index >= 15 is 0 Å². The largest absolute Gasteiger partial charge is 0.482 e. The molecule has 1 atom stereocenters. The summed E-state index contributed by atoms with van der Waals surface area (Å²) in [5, 5.41) is 3.55. The fraction of sp³-hybridized carbons (Fsp3) is 0.350. The Kier molecular flexibility index (Phi) is 8.77. The fourth-order valence-corrected chi connectivity index (χ4v) is 4.02. The molecule has 0 aromatic heterocycles. The second-order valence-electron chi connectivity index (χ2n) is 6.47. The molecule has 1 amide bonds. The molecule has 0 aliphatic rings. The first-order valence-corrected chi connectivity index (χ1v) is 11.4. The lowest BCUT2D eigenvalue weighted by molar-refractivity contribution is -0.123. The molecule has 0 saturated carbocycles. The summed E-state index contributed by atoms with van der Waals surface area (Å²) >= 11 is 12.0. The molecule has 0 aliphatic carbocycles. The van der Waals surface area contributed by atoms with Gasteiger partial charge < -0.3 is 10.1 Å². The number of halogens is 2. The van der Waals surface area contributed by atoms with Crippen molar-refractivity contribution in [1.82, 2.24) is 10.0 Å². The summed E-state index contributed by atoms with van der Waals surface area (Å²) < 4.78 is 32.4. The molecule has 0 heterocycles. The van der Waals surface area contributed by atoms with Crippen LogP contribution in [0.2, 0.25) is 10.0 Å². The Balaban J connectivity index is 1.93. The van der Waals surface area contributed by atoms with E-state index in [-0.39, 0.29) is 34.2 Å². The van der Waals surface area contributed by atoms with Crippen molar-refractivity contribution in [3.63, 3.8) is 0 Å². The van der Waals surface area contributed by atoms with E-state index in [0.29, 0.717) is 11.6 Å². The van der Waals surface area contributed by atoms with Gasteiger partial charge in [-0.2, -0.15) is 0 Å². The second kappa shape index (κ2) is 10.8. The van der Waals surface area contributed by atoms with E-state index in [2.05, 4.69) is 10.0 Å². The van der Waals surface area contributed by atoms with E-state index in [9.17, 15) is 13.2 Å². The Labute approximate surface area is 181 Å². The Morgan fingerprint density at radius 1 is 1.14 bits per heavy atom. The summed E-state index contributed by atoms with van der Waals surface area (Å²) in [4.78, 5) is 12.2. The van der Waals surface area contributed by atoms with Gasteiger partial charge in [0.2, 0.25) is 10.0 Å². The van der Waals surface area contributed by atoms with Crippen LogP contribution in [0.3, 0.4) is 0 Å². The zero-order chi connectivity index (χ0) is 21.4. The molecule has 0 bridgehead atoms. The van der Waals surface area contributed by atoms with Crippen LogP contribution in [0.25, 0.3) is 0 Å². The zero-order valence-electron chi connectivity index (χ0n) is 16.2. The van der Waals surface area contributed by atoms with E-state index in [1.807, 2.05) is 26.0 Å². The highest BCUT2D eigenvalue weighted by Gasteiger charge is 2.16. The highest BCUT2D eigenvalue weighted by molar-refractivity contribution is 7.89. The highest BCUT2D eigenvalue weighted by Crippen LogP contribution is 2.27. The topological polar surface area (TPSA) is 84.5 Å². The van der Waals surface area contributed by atoms with Crippen LogP contribution in [-0.2, 0) is 14.8 Å². The van der Waals surface area contributed by atoms with Gasteiger partial charge in [0.15, 0.2) is 6.61 Å². The second-order valence-corrected chi connectivity index (χ2v) is 9.08. The molecule has 158 valence electrons. The van der Waals surface area contributed by atoms with Gasteiger partial charge in [-0.05, 0) is 49.2 Å². The van der Waals surface area contributed by atoms with Gasteiger partial charge in [0.1, 0.15) is 5.75 Å². The van der Waals surface area contributed by atoms with Crippen molar-refractivity contribution in [2.45, 2.75) is 37.6 Å². The van der Waals surface area contributed by atoms with Gasteiger partial charge in [-0.25, -0.2) is 13.1 Å². The van der Waals surface area contributed by atoms with Crippen LogP contribution >= 0.6 is 23.2 Å². The van der Waals surface area contributed by atoms with Crippen molar-refractivity contribution in [2.75, 3.05) is 13.2 Å². The Bertz CT molecular complexity index is 934. The van der Waals surface area contributed by atoms with E-state index in [1.54, 1.807) is 12.1 Å². The van der Waals surface area contributed by atoms with Gasteiger partial charge in [0.05, 0.1) is 16.0 Å². The number of carbonyl (C=O) groups is 1. The third-order valence-corrected chi connectivity index (χ3v) is 6.15. The lowest BCUT2D eigenvalue weighted by Gasteiger charge is -2.15. The first-order chi connectivity index (χ1) is 13.7. The predicted octanol–water partition coefficient (Wildman–Crippen LogP) is 4.33. The molecule has 9 heteroatoms. The van der Waals surface area contributed by atoms with Crippen LogP contribution in [-0.4, -0.2) is 27.5 Å². The Hall–Kier alpha value is -1.80. The Morgan fingerprint density at radius 3 is 2.45 bits per heavy atom. The summed E-state index contributed by atoms with van der Waals surface area (Å²) in [6.07, 6.45) is 1.63. The number of ether oxygens (including phenoxy) is 1. The van der Waals surface area contributed by atoms with Gasteiger partial charge in [-0.3, -0.25) is 4.79 Å². The monoisotopic (exact) mass is 458 g/mol. The Morgan fingerprint density at radius 2 is 1.83 bits per heavy atom. The average Bonchev–Trinajstić information content (AvgIpc) is 2.67. The van der Waals surface area contributed by atoms with Crippen LogP contribution < -0.4 is 14.8 Å². The van der Waals surface area contributed by atoms with Gasteiger partial charge >= 0.3 is 0 Å². The van der Waals surface area contributed by atoms with E-state index in [4.69, 9.17) is 27.9 Å². The summed E-state index contributed by atoms with van der Waals surface area (Å²) in [5.74, 6) is -0.102. The summed E-state index contributed by atoms with van der Waals surface area (Å²) in [5.41, 5.74) is 0.908. The molecule has 0 aliphatic heterocycles. The first kappa shape index (κ1) is 23.5. The molecule has 0 spiro atoms. The number of hydrogen-bond donors (Lipinski definition) is 2. The maximum atomic E-state index is 12.2. The third kappa shape index (κ3) is 7.19. The molecule has 2 aromatic carbocycles. The van der Waals surface area contributed by atoms with Gasteiger partial charge in [0, 0.05) is 11.6 Å². The number of sulfonamides is 1. The molecule has 29 heavy (non-hydrogen) atoms. The van der Waals surface area contributed by atoms with Crippen LogP contribution in [0, 0.1) is 0 Å². The van der Waals surface area contributed by atoms with Crippen molar-refractivity contribution in [3.8, 4) is 5.75 Å². The maximum Gasteiger partial charge on any atom is 0.258 e. The number of unbranched alkanes of at least 4 members (excludes halogenated alkanes) is 1. The number of benzene rings is 2. The normalized spacial score (nSPS) is 12.4. The summed E-state index contributed by atoms with van der Waals surface area (Å²) in [7, 11) is -3.63. The number of nitrogens with one attached hydrogen (secondary N) is 2. The van der Waals surface area contributed by atoms with Crippen LogP contribution in [0.5, 0.6) is 5.75 Å². The van der Waals surface area contributed by atoms with Crippen LogP contribution in [0.15, 0.2) is 47.4 Å². The third-order valence-electron chi connectivity index (χ3n) is 4.14. The lowest BCUT2D eigenvalue weighted by atomic mass is 10.1. The summed E-state index contributed by atoms with van der Waals surface area (Å²) in [6, 6.07) is 11.1. The summed E-state index contributed by atoms with van der Waals surface area (Å²) in [6.45, 7) is 3.93. The lowest BCUT2D eigenvalue weighted by Crippen LogP contribution is -2.31. The fourth-order valence-electron chi connectivity index (χ4n) is 2.49. The molecule has 0 fully saturated rings. The van der Waals surface area contributed by atoms with Gasteiger partial charge in [0.25, 0.3) is 5.91 Å². The van der Waals surface area contributed by atoms with Crippen LogP contribution in [0.4, 0.5) is 0 Å². The van der Waals surface area contributed by atoms with Gasteiger partial charge in [-0.15, -0.1) is 0 Å². The quantitative estimate of drug-likeness (QED) is 0.518. The van der Waals surface area contributed by atoms with Crippen molar-refractivity contribution >= 4 is 39.1 Å². The number of carbonyl (C=O) groups excluding carboxylic acids is 1. The van der Waals surface area contributed by atoms with Crippen LogP contribution in [0.1, 0.15) is 38.3 Å². The molecule has 0 radical (unpaired) electrons. The molecule has 0 saturated heterocycles. The van der Waals surface area contributed by atoms with E-state index < -0.39 is 10.0 Å². The molecule has 0 unspecified atom stereocenters. The molecule has 2 rings (SSSR count). The predicted molar refractivity (Wildman–Crippen MR) is 115 cm³/mol. The smallest absolute Gasteiger partial charge is 0.258 e. The SMILES string of the molecule is CCCCNS(=O)(=O)c1ccc(OCC(=O)N[C@@H](C)c2ccc(Cl)cc2)c(Cl)c1. The van der Waals surface area contributed by atoms with E-state index in [0.717, 1.165) is 18.4 Å².